The molecule has 0 bridgehead atoms. The summed E-state index contributed by atoms with van der Waals surface area (Å²) in [6.45, 7) is 4.31. The molecule has 2 aromatic rings. The Hall–Kier alpha value is -2.67. The monoisotopic (exact) mass is 356 g/mol. The van der Waals surface area contributed by atoms with E-state index in [1.54, 1.807) is 24.4 Å². The quantitative estimate of drug-likeness (QED) is 0.823. The van der Waals surface area contributed by atoms with Gasteiger partial charge < -0.3 is 20.1 Å². The summed E-state index contributed by atoms with van der Waals surface area (Å²) >= 11 is 0. The third-order valence-corrected chi connectivity index (χ3v) is 4.42. The van der Waals surface area contributed by atoms with Crippen LogP contribution >= 0.6 is 0 Å². The van der Waals surface area contributed by atoms with Gasteiger partial charge in [-0.25, -0.2) is 14.8 Å². The van der Waals surface area contributed by atoms with Gasteiger partial charge in [0.05, 0.1) is 12.3 Å². The number of carbonyl (C=O) groups is 1. The maximum Gasteiger partial charge on any atom is 0.339 e. The van der Waals surface area contributed by atoms with Gasteiger partial charge in [0.15, 0.2) is 0 Å². The molecule has 3 rings (SSSR count). The third-order valence-electron chi connectivity index (χ3n) is 4.42. The molecule has 0 saturated carbocycles. The minimum Gasteiger partial charge on any atom is -0.493 e. The minimum absolute atomic E-state index is 0.131. The molecule has 1 aromatic heterocycles. The topological polar surface area (TPSA) is 87.6 Å². The molecule has 0 unspecified atom stereocenters. The standard InChI is InChI=1S/C19H24N4O3/c1-3-26-17-7-6-13(11-15(17)18(24)25)16-8-9-20-19(22-16)21-14-5-4-10-23(2)12-14/h6-9,11,14H,3-5,10,12H2,1-2H3,(H,24,25)(H,20,21,22)/t14-/m0/s1. The van der Waals surface area contributed by atoms with E-state index in [-0.39, 0.29) is 5.56 Å². The number of aromatic carboxylic acids is 1. The highest BCUT2D eigenvalue weighted by Crippen LogP contribution is 2.26. The number of nitrogens with zero attached hydrogens (tertiary/aromatic N) is 3. The van der Waals surface area contributed by atoms with Crippen molar-refractivity contribution >= 4 is 11.9 Å². The van der Waals surface area contributed by atoms with Crippen LogP contribution in [0.1, 0.15) is 30.1 Å². The number of anilines is 1. The number of benzene rings is 1. The molecule has 1 saturated heterocycles. The Balaban J connectivity index is 1.83. The normalized spacial score (nSPS) is 17.7. The van der Waals surface area contributed by atoms with Crippen molar-refractivity contribution in [2.45, 2.75) is 25.8 Å². The van der Waals surface area contributed by atoms with Crippen molar-refractivity contribution in [3.8, 4) is 17.0 Å². The van der Waals surface area contributed by atoms with Crippen LogP contribution < -0.4 is 10.1 Å². The summed E-state index contributed by atoms with van der Waals surface area (Å²) in [5.74, 6) is -0.0945. The Morgan fingerprint density at radius 2 is 2.27 bits per heavy atom. The fourth-order valence-electron chi connectivity index (χ4n) is 3.19. The van der Waals surface area contributed by atoms with E-state index in [2.05, 4.69) is 27.2 Å². The number of nitrogens with one attached hydrogen (secondary N) is 1. The Morgan fingerprint density at radius 1 is 1.42 bits per heavy atom. The van der Waals surface area contributed by atoms with E-state index in [1.807, 2.05) is 13.0 Å². The number of hydrogen-bond donors (Lipinski definition) is 2. The highest BCUT2D eigenvalue weighted by molar-refractivity contribution is 5.92. The molecule has 0 radical (unpaired) electrons. The predicted molar refractivity (Wildman–Crippen MR) is 99.7 cm³/mol. The number of carboxylic acid groups (broad SMARTS) is 1. The molecule has 0 amide bonds. The van der Waals surface area contributed by atoms with E-state index in [0.717, 1.165) is 31.5 Å². The highest BCUT2D eigenvalue weighted by atomic mass is 16.5. The van der Waals surface area contributed by atoms with Crippen LogP contribution in [0.4, 0.5) is 5.95 Å². The second-order valence-electron chi connectivity index (χ2n) is 6.46. The molecule has 1 aliphatic rings. The van der Waals surface area contributed by atoms with Crippen LogP contribution in [0.2, 0.25) is 0 Å². The average Bonchev–Trinajstić information content (AvgIpc) is 2.62. The van der Waals surface area contributed by atoms with Gasteiger partial charge in [0.2, 0.25) is 5.95 Å². The smallest absolute Gasteiger partial charge is 0.339 e. The number of ether oxygens (including phenoxy) is 1. The first-order chi connectivity index (χ1) is 12.6. The fourth-order valence-corrected chi connectivity index (χ4v) is 3.19. The van der Waals surface area contributed by atoms with Gasteiger partial charge in [0, 0.05) is 24.3 Å². The lowest BCUT2D eigenvalue weighted by molar-refractivity contribution is 0.0692. The molecule has 0 spiro atoms. The number of likely N-dealkylation sites (tertiary alicyclic amines) is 1. The third kappa shape index (κ3) is 4.29. The lowest BCUT2D eigenvalue weighted by atomic mass is 10.1. The molecule has 7 heteroatoms. The molecule has 0 aliphatic carbocycles. The second kappa shape index (κ2) is 8.14. The van der Waals surface area contributed by atoms with Crippen molar-refractivity contribution in [2.24, 2.45) is 0 Å². The van der Waals surface area contributed by atoms with Crippen molar-refractivity contribution in [3.05, 3.63) is 36.0 Å². The van der Waals surface area contributed by atoms with Crippen LogP contribution in [-0.2, 0) is 0 Å². The Labute approximate surface area is 153 Å². The summed E-state index contributed by atoms with van der Waals surface area (Å²) in [6.07, 6.45) is 3.92. The molecule has 1 aliphatic heterocycles. The molecular formula is C19H24N4O3. The van der Waals surface area contributed by atoms with E-state index in [1.165, 1.54) is 0 Å². The largest absolute Gasteiger partial charge is 0.493 e. The van der Waals surface area contributed by atoms with Gasteiger partial charge in [-0.1, -0.05) is 0 Å². The first-order valence-electron chi connectivity index (χ1n) is 8.85. The minimum atomic E-state index is -1.02. The van der Waals surface area contributed by atoms with Gasteiger partial charge in [-0.2, -0.15) is 0 Å². The van der Waals surface area contributed by atoms with Gasteiger partial charge in [-0.05, 0) is 57.6 Å². The SMILES string of the molecule is CCOc1ccc(-c2ccnc(N[C@H]3CCCN(C)C3)n2)cc1C(=O)O. The average molecular weight is 356 g/mol. The number of hydrogen-bond acceptors (Lipinski definition) is 6. The molecule has 1 aromatic carbocycles. The van der Waals surface area contributed by atoms with Crippen LogP contribution in [0.25, 0.3) is 11.3 Å². The number of rotatable bonds is 6. The second-order valence-corrected chi connectivity index (χ2v) is 6.46. The van der Waals surface area contributed by atoms with Crippen LogP contribution in [0.15, 0.2) is 30.5 Å². The van der Waals surface area contributed by atoms with Crippen LogP contribution in [0.3, 0.4) is 0 Å². The maximum absolute atomic E-state index is 11.5. The van der Waals surface area contributed by atoms with E-state index in [9.17, 15) is 9.90 Å². The van der Waals surface area contributed by atoms with E-state index in [0.29, 0.717) is 30.0 Å². The van der Waals surface area contributed by atoms with Gasteiger partial charge >= 0.3 is 5.97 Å². The lowest BCUT2D eigenvalue weighted by Crippen LogP contribution is -2.40. The van der Waals surface area contributed by atoms with Crippen LogP contribution in [-0.4, -0.2) is 58.7 Å². The van der Waals surface area contributed by atoms with Crippen molar-refractivity contribution < 1.29 is 14.6 Å². The molecule has 2 N–H and O–H groups in total. The summed E-state index contributed by atoms with van der Waals surface area (Å²) in [5, 5.41) is 12.8. The van der Waals surface area contributed by atoms with Crippen molar-refractivity contribution in [3.63, 3.8) is 0 Å². The maximum atomic E-state index is 11.5. The van der Waals surface area contributed by atoms with E-state index in [4.69, 9.17) is 4.74 Å². The molecule has 1 atom stereocenters. The molecule has 138 valence electrons. The Morgan fingerprint density at radius 3 is 3.00 bits per heavy atom. The number of likely N-dealkylation sites (N-methyl/N-ethyl adjacent to an activating group) is 1. The van der Waals surface area contributed by atoms with Crippen LogP contribution in [0.5, 0.6) is 5.75 Å². The summed E-state index contributed by atoms with van der Waals surface area (Å²) in [6, 6.07) is 7.18. The predicted octanol–water partition coefficient (Wildman–Crippen LogP) is 2.75. The number of aromatic nitrogens is 2. The zero-order valence-corrected chi connectivity index (χ0v) is 15.1. The molecular weight excluding hydrogens is 332 g/mol. The number of carboxylic acids is 1. The van der Waals surface area contributed by atoms with Gasteiger partial charge in [-0.15, -0.1) is 0 Å². The number of piperidine rings is 1. The molecule has 1 fully saturated rings. The van der Waals surface area contributed by atoms with Crippen molar-refractivity contribution in [1.82, 2.24) is 14.9 Å². The summed E-state index contributed by atoms with van der Waals surface area (Å²) in [5.41, 5.74) is 1.53. The summed E-state index contributed by atoms with van der Waals surface area (Å²) < 4.78 is 5.39. The zero-order valence-electron chi connectivity index (χ0n) is 15.1. The van der Waals surface area contributed by atoms with Crippen molar-refractivity contribution in [2.75, 3.05) is 32.1 Å². The van der Waals surface area contributed by atoms with Gasteiger partial charge in [0.1, 0.15) is 11.3 Å². The van der Waals surface area contributed by atoms with Crippen LogP contribution in [0, 0.1) is 0 Å². The first-order valence-corrected chi connectivity index (χ1v) is 8.85. The fraction of sp³-hybridized carbons (Fsp3) is 0.421. The summed E-state index contributed by atoms with van der Waals surface area (Å²) in [7, 11) is 2.11. The lowest BCUT2D eigenvalue weighted by Gasteiger charge is -2.30. The molecule has 7 nitrogen and oxygen atoms in total. The molecule has 26 heavy (non-hydrogen) atoms. The highest BCUT2D eigenvalue weighted by Gasteiger charge is 2.18. The van der Waals surface area contributed by atoms with Gasteiger partial charge in [-0.3, -0.25) is 0 Å². The first kappa shape index (κ1) is 18.1. The van der Waals surface area contributed by atoms with E-state index >= 15 is 0 Å². The Kier molecular flexibility index (Phi) is 5.68. The van der Waals surface area contributed by atoms with E-state index < -0.39 is 5.97 Å². The molecule has 2 heterocycles. The van der Waals surface area contributed by atoms with Gasteiger partial charge in [0.25, 0.3) is 0 Å². The Bertz CT molecular complexity index is 781. The summed E-state index contributed by atoms with van der Waals surface area (Å²) in [4.78, 5) is 22.7. The van der Waals surface area contributed by atoms with Crippen molar-refractivity contribution in [1.29, 1.82) is 0 Å². The zero-order chi connectivity index (χ0) is 18.5.